The van der Waals surface area contributed by atoms with Crippen LogP contribution in [0.15, 0.2) is 47.4 Å². The van der Waals surface area contributed by atoms with Gasteiger partial charge in [-0.15, -0.1) is 10.2 Å². The molecule has 1 aromatic carbocycles. The maximum atomic E-state index is 12.8. The van der Waals surface area contributed by atoms with E-state index in [4.69, 9.17) is 0 Å². The van der Waals surface area contributed by atoms with Crippen molar-refractivity contribution in [1.82, 2.24) is 14.8 Å². The Morgan fingerprint density at radius 3 is 2.65 bits per heavy atom. The van der Waals surface area contributed by atoms with Crippen LogP contribution in [-0.4, -0.2) is 20.7 Å². The molecule has 0 saturated heterocycles. The summed E-state index contributed by atoms with van der Waals surface area (Å²) in [6.07, 6.45) is 3.21. The summed E-state index contributed by atoms with van der Waals surface area (Å²) in [6, 6.07) is 11.7. The van der Waals surface area contributed by atoms with Gasteiger partial charge in [-0.1, -0.05) is 48.6 Å². The number of nitrogens with one attached hydrogen (secondary N) is 1. The third-order valence-electron chi connectivity index (χ3n) is 4.07. The molecular weight excluding hydrogens is 348 g/mol. The van der Waals surface area contributed by atoms with E-state index in [9.17, 15) is 9.59 Å². The van der Waals surface area contributed by atoms with E-state index in [0.717, 1.165) is 23.4 Å². The fourth-order valence-corrected chi connectivity index (χ4v) is 3.29. The van der Waals surface area contributed by atoms with E-state index >= 15 is 0 Å². The number of hydrogen-bond acceptors (Lipinski definition) is 5. The zero-order valence-corrected chi connectivity index (χ0v) is 15.5. The van der Waals surface area contributed by atoms with Crippen molar-refractivity contribution < 1.29 is 4.79 Å². The lowest BCUT2D eigenvalue weighted by Crippen LogP contribution is -2.30. The lowest BCUT2D eigenvalue weighted by molar-refractivity contribution is 0.102. The third-order valence-corrected chi connectivity index (χ3v) is 5.06. The minimum absolute atomic E-state index is 0.147. The summed E-state index contributed by atoms with van der Waals surface area (Å²) >= 11 is 1.32. The highest BCUT2D eigenvalue weighted by Gasteiger charge is 2.17. The number of anilines is 1. The highest BCUT2D eigenvalue weighted by molar-refractivity contribution is 7.15. The van der Waals surface area contributed by atoms with Crippen LogP contribution in [0.4, 0.5) is 5.13 Å². The molecule has 0 spiro atoms. The van der Waals surface area contributed by atoms with Gasteiger partial charge >= 0.3 is 0 Å². The fraction of sp³-hybridized carbons (Fsp3) is 0.263. The molecule has 2 heterocycles. The second-order valence-electron chi connectivity index (χ2n) is 5.92. The number of benzene rings is 1. The van der Waals surface area contributed by atoms with Crippen molar-refractivity contribution in [3.63, 3.8) is 0 Å². The molecule has 3 rings (SSSR count). The summed E-state index contributed by atoms with van der Waals surface area (Å²) in [4.78, 5) is 25.4. The minimum Gasteiger partial charge on any atom is -0.315 e. The Morgan fingerprint density at radius 1 is 1.19 bits per heavy atom. The average molecular weight is 368 g/mol. The Kier molecular flexibility index (Phi) is 5.58. The first-order valence-corrected chi connectivity index (χ1v) is 9.28. The van der Waals surface area contributed by atoms with E-state index in [1.165, 1.54) is 11.3 Å². The molecule has 0 unspecified atom stereocenters. The molecule has 0 atom stereocenters. The van der Waals surface area contributed by atoms with Crippen LogP contribution in [0.2, 0.25) is 0 Å². The van der Waals surface area contributed by atoms with Crippen molar-refractivity contribution in [2.75, 3.05) is 5.32 Å². The molecule has 1 amide bonds. The molecule has 2 aromatic heterocycles. The Bertz CT molecular complexity index is 963. The van der Waals surface area contributed by atoms with Gasteiger partial charge in [0.15, 0.2) is 0 Å². The van der Waals surface area contributed by atoms with E-state index in [-0.39, 0.29) is 11.1 Å². The number of carbonyl (C=O) groups excluding carboxylic acids is 1. The van der Waals surface area contributed by atoms with Crippen molar-refractivity contribution in [3.05, 3.63) is 74.6 Å². The van der Waals surface area contributed by atoms with Crippen LogP contribution < -0.4 is 10.9 Å². The van der Waals surface area contributed by atoms with E-state index in [2.05, 4.69) is 15.5 Å². The van der Waals surface area contributed by atoms with Gasteiger partial charge in [-0.05, 0) is 37.0 Å². The van der Waals surface area contributed by atoms with Gasteiger partial charge in [0.25, 0.3) is 11.5 Å². The first-order chi connectivity index (χ1) is 12.6. The number of nitrogens with zero attached hydrogens (tertiary/aromatic N) is 3. The first kappa shape index (κ1) is 18.0. The molecule has 7 heteroatoms. The van der Waals surface area contributed by atoms with Gasteiger partial charge in [0.05, 0.1) is 0 Å². The zero-order chi connectivity index (χ0) is 18.5. The smallest absolute Gasteiger partial charge is 0.263 e. The van der Waals surface area contributed by atoms with Crippen LogP contribution in [0.5, 0.6) is 0 Å². The summed E-state index contributed by atoms with van der Waals surface area (Å²) in [6.45, 7) is 4.25. The standard InChI is InChI=1S/C19H20N4O2S/c1-3-15-21-22-19(26-15)20-17(24)16-13(2)9-11-23(18(16)25)12-10-14-7-5-4-6-8-14/h4-9,11H,3,10,12H2,1-2H3,(H,20,22,24). The van der Waals surface area contributed by atoms with Crippen LogP contribution in [0.3, 0.4) is 0 Å². The second-order valence-corrected chi connectivity index (χ2v) is 6.98. The van der Waals surface area contributed by atoms with Crippen LogP contribution in [0, 0.1) is 6.92 Å². The molecule has 0 radical (unpaired) electrons. The molecule has 0 aliphatic carbocycles. The first-order valence-electron chi connectivity index (χ1n) is 8.46. The summed E-state index contributed by atoms with van der Waals surface area (Å²) in [7, 11) is 0. The summed E-state index contributed by atoms with van der Waals surface area (Å²) < 4.78 is 1.58. The van der Waals surface area contributed by atoms with Crippen LogP contribution in [0.1, 0.15) is 33.4 Å². The largest absolute Gasteiger partial charge is 0.315 e. The Balaban J connectivity index is 1.80. The van der Waals surface area contributed by atoms with Crippen LogP contribution in [0.25, 0.3) is 0 Å². The van der Waals surface area contributed by atoms with E-state index in [1.807, 2.05) is 37.3 Å². The van der Waals surface area contributed by atoms with Gasteiger partial charge in [0, 0.05) is 12.7 Å². The van der Waals surface area contributed by atoms with Crippen molar-refractivity contribution in [1.29, 1.82) is 0 Å². The summed E-state index contributed by atoms with van der Waals surface area (Å²) in [5.41, 5.74) is 1.64. The van der Waals surface area contributed by atoms with Gasteiger partial charge in [-0.2, -0.15) is 0 Å². The molecule has 0 aliphatic rings. The SMILES string of the molecule is CCc1nnc(NC(=O)c2c(C)ccn(CCc3ccccc3)c2=O)s1. The molecule has 26 heavy (non-hydrogen) atoms. The Hall–Kier alpha value is -2.80. The molecule has 0 aliphatic heterocycles. The normalized spacial score (nSPS) is 10.7. The number of amides is 1. The van der Waals surface area contributed by atoms with Gasteiger partial charge in [0.2, 0.25) is 5.13 Å². The topological polar surface area (TPSA) is 76.9 Å². The van der Waals surface area contributed by atoms with Crippen molar-refractivity contribution >= 4 is 22.4 Å². The minimum atomic E-state index is -0.444. The number of aromatic nitrogens is 3. The molecule has 134 valence electrons. The molecular formula is C19H20N4O2S. The highest BCUT2D eigenvalue weighted by Crippen LogP contribution is 2.16. The van der Waals surface area contributed by atoms with Crippen LogP contribution in [-0.2, 0) is 19.4 Å². The van der Waals surface area contributed by atoms with Crippen molar-refractivity contribution in [2.45, 2.75) is 33.2 Å². The number of aryl methyl sites for hydroxylation is 4. The quantitative estimate of drug-likeness (QED) is 0.725. The second kappa shape index (κ2) is 8.05. The number of carbonyl (C=O) groups is 1. The monoisotopic (exact) mass is 368 g/mol. The Labute approximate surface area is 155 Å². The number of rotatable bonds is 6. The van der Waals surface area contributed by atoms with Crippen molar-refractivity contribution in [2.24, 2.45) is 0 Å². The van der Waals surface area contributed by atoms with Gasteiger partial charge < -0.3 is 4.57 Å². The van der Waals surface area contributed by atoms with Gasteiger partial charge in [-0.3, -0.25) is 14.9 Å². The fourth-order valence-electron chi connectivity index (χ4n) is 2.62. The average Bonchev–Trinajstić information content (AvgIpc) is 3.09. The molecule has 6 nitrogen and oxygen atoms in total. The summed E-state index contributed by atoms with van der Waals surface area (Å²) in [5, 5.41) is 11.8. The Morgan fingerprint density at radius 2 is 1.96 bits per heavy atom. The van der Waals surface area contributed by atoms with Crippen molar-refractivity contribution in [3.8, 4) is 0 Å². The number of hydrogen-bond donors (Lipinski definition) is 1. The molecule has 0 bridgehead atoms. The lowest BCUT2D eigenvalue weighted by Gasteiger charge is -2.10. The van der Waals surface area contributed by atoms with Gasteiger partial charge in [0.1, 0.15) is 10.6 Å². The predicted octanol–water partition coefficient (Wildman–Crippen LogP) is 3.07. The maximum Gasteiger partial charge on any atom is 0.263 e. The van der Waals surface area contributed by atoms with Crippen LogP contribution >= 0.6 is 11.3 Å². The lowest BCUT2D eigenvalue weighted by atomic mass is 10.1. The van der Waals surface area contributed by atoms with E-state index in [1.54, 1.807) is 23.8 Å². The highest BCUT2D eigenvalue weighted by atomic mass is 32.1. The molecule has 0 fully saturated rings. The number of pyridine rings is 1. The zero-order valence-electron chi connectivity index (χ0n) is 14.7. The third kappa shape index (κ3) is 4.05. The predicted molar refractivity (Wildman–Crippen MR) is 103 cm³/mol. The summed E-state index contributed by atoms with van der Waals surface area (Å²) in [5.74, 6) is -0.444. The molecule has 1 N–H and O–H groups in total. The molecule has 0 saturated carbocycles. The van der Waals surface area contributed by atoms with E-state index < -0.39 is 5.91 Å². The maximum absolute atomic E-state index is 12.8. The van der Waals surface area contributed by atoms with E-state index in [0.29, 0.717) is 17.2 Å². The van der Waals surface area contributed by atoms with Gasteiger partial charge in [-0.25, -0.2) is 0 Å². The molecule has 3 aromatic rings.